The minimum atomic E-state index is 0.502. The number of hydrogen-bond acceptors (Lipinski definition) is 5. The van der Waals surface area contributed by atoms with Gasteiger partial charge in [-0.3, -0.25) is 0 Å². The van der Waals surface area contributed by atoms with E-state index < -0.39 is 0 Å². The van der Waals surface area contributed by atoms with E-state index in [0.29, 0.717) is 26.4 Å². The Labute approximate surface area is 151 Å². The second kappa shape index (κ2) is 12.4. The molecule has 0 saturated carbocycles. The van der Waals surface area contributed by atoms with E-state index in [1.165, 1.54) is 7.11 Å². The number of nitrogens with zero attached hydrogens (tertiary/aromatic N) is 1. The van der Waals surface area contributed by atoms with Crippen molar-refractivity contribution in [1.29, 1.82) is 0 Å². The van der Waals surface area contributed by atoms with Crippen molar-refractivity contribution in [2.45, 2.75) is 40.5 Å². The monoisotopic (exact) mass is 349 g/mol. The van der Waals surface area contributed by atoms with Gasteiger partial charge < -0.3 is 19.0 Å². The molecule has 5 heteroatoms. The molecule has 5 nitrogen and oxygen atoms in total. The van der Waals surface area contributed by atoms with Gasteiger partial charge in [-0.15, -0.1) is 0 Å². The fourth-order valence-electron chi connectivity index (χ4n) is 2.34. The van der Waals surface area contributed by atoms with E-state index in [0.717, 1.165) is 41.2 Å². The van der Waals surface area contributed by atoms with Crippen LogP contribution < -0.4 is 9.47 Å². The van der Waals surface area contributed by atoms with E-state index in [2.05, 4.69) is 9.99 Å². The Hall–Kier alpha value is -2.01. The lowest BCUT2D eigenvalue weighted by atomic mass is 10.1. The predicted octanol–water partition coefficient (Wildman–Crippen LogP) is 4.46. The topological polar surface area (TPSA) is 49.3 Å². The molecule has 0 fully saturated rings. The molecule has 25 heavy (non-hydrogen) atoms. The molecule has 0 aliphatic heterocycles. The highest BCUT2D eigenvalue weighted by molar-refractivity contribution is 5.82. The van der Waals surface area contributed by atoms with Gasteiger partial charge in [0.15, 0.2) is 0 Å². The highest BCUT2D eigenvalue weighted by Gasteiger charge is 2.07. The van der Waals surface area contributed by atoms with Crippen molar-refractivity contribution in [3.8, 4) is 11.5 Å². The van der Waals surface area contributed by atoms with Crippen LogP contribution in [0.2, 0.25) is 0 Å². The highest BCUT2D eigenvalue weighted by Crippen LogP contribution is 2.28. The van der Waals surface area contributed by atoms with Gasteiger partial charge in [-0.2, -0.15) is 0 Å². The molecule has 1 rings (SSSR count). The summed E-state index contributed by atoms with van der Waals surface area (Å²) in [6.45, 7) is 10.4. The lowest BCUT2D eigenvalue weighted by molar-refractivity contribution is 0.153. The summed E-state index contributed by atoms with van der Waals surface area (Å²) in [4.78, 5) is 4.68. The van der Waals surface area contributed by atoms with E-state index in [1.54, 1.807) is 0 Å². The largest absolute Gasteiger partial charge is 0.493 e. The van der Waals surface area contributed by atoms with Gasteiger partial charge in [0.1, 0.15) is 25.2 Å². The van der Waals surface area contributed by atoms with E-state index in [1.807, 2.05) is 52.0 Å². The lowest BCUT2D eigenvalue weighted by Gasteiger charge is -2.14. The first-order valence-electron chi connectivity index (χ1n) is 8.70. The first-order valence-corrected chi connectivity index (χ1v) is 8.70. The number of ether oxygens (including phenoxy) is 3. The maximum atomic E-state index is 5.95. The van der Waals surface area contributed by atoms with Crippen LogP contribution in [-0.4, -0.2) is 39.2 Å². The third kappa shape index (κ3) is 8.59. The number of rotatable bonds is 12. The number of oxime groups is 1. The normalized spacial score (nSPS) is 11.8. The van der Waals surface area contributed by atoms with E-state index >= 15 is 0 Å². The minimum Gasteiger partial charge on any atom is -0.493 e. The third-order valence-electron chi connectivity index (χ3n) is 3.50. The number of allylic oxidation sites excluding steroid dienone is 1. The Morgan fingerprint density at radius 1 is 1.08 bits per heavy atom. The van der Waals surface area contributed by atoms with Gasteiger partial charge in [-0.1, -0.05) is 17.3 Å². The quantitative estimate of drug-likeness (QED) is 0.242. The van der Waals surface area contributed by atoms with Crippen LogP contribution in [0, 0.1) is 13.8 Å². The average molecular weight is 349 g/mol. The van der Waals surface area contributed by atoms with Gasteiger partial charge in [0, 0.05) is 6.61 Å². The summed E-state index contributed by atoms with van der Waals surface area (Å²) in [6, 6.07) is 4.04. The molecule has 0 aliphatic carbocycles. The summed E-state index contributed by atoms with van der Waals surface area (Å²) in [5, 5.41) is 3.80. The molecule has 0 atom stereocenters. The molecule has 0 radical (unpaired) electrons. The second-order valence-corrected chi connectivity index (χ2v) is 5.88. The fraction of sp³-hybridized carbons (Fsp3) is 0.550. The summed E-state index contributed by atoms with van der Waals surface area (Å²) >= 11 is 0. The summed E-state index contributed by atoms with van der Waals surface area (Å²) in [6.07, 6.45) is 5.86. The second-order valence-electron chi connectivity index (χ2n) is 5.88. The van der Waals surface area contributed by atoms with Crippen LogP contribution in [0.4, 0.5) is 0 Å². The number of unbranched alkanes of at least 4 members (excludes halogenated alkanes) is 1. The van der Waals surface area contributed by atoms with Crippen molar-refractivity contribution >= 4 is 5.71 Å². The summed E-state index contributed by atoms with van der Waals surface area (Å²) in [5.41, 5.74) is 3.03. The summed E-state index contributed by atoms with van der Waals surface area (Å²) < 4.78 is 17.2. The zero-order valence-corrected chi connectivity index (χ0v) is 16.1. The molecule has 140 valence electrons. The molecule has 0 bridgehead atoms. The zero-order chi connectivity index (χ0) is 18.5. The number of benzene rings is 1. The van der Waals surface area contributed by atoms with Crippen LogP contribution in [0.3, 0.4) is 0 Å². The molecule has 0 saturated heterocycles. The van der Waals surface area contributed by atoms with Crippen molar-refractivity contribution in [2.75, 3.05) is 33.5 Å². The molecule has 1 aromatic carbocycles. The molecular formula is C20H31NO4. The Morgan fingerprint density at radius 3 is 2.40 bits per heavy atom. The van der Waals surface area contributed by atoms with Crippen LogP contribution in [-0.2, 0) is 9.57 Å². The van der Waals surface area contributed by atoms with Crippen molar-refractivity contribution in [1.82, 2.24) is 0 Å². The molecule has 1 aromatic rings. The van der Waals surface area contributed by atoms with Crippen molar-refractivity contribution in [3.63, 3.8) is 0 Å². The van der Waals surface area contributed by atoms with Gasteiger partial charge >= 0.3 is 0 Å². The Kier molecular flexibility index (Phi) is 10.4. The van der Waals surface area contributed by atoms with Crippen LogP contribution >= 0.6 is 0 Å². The van der Waals surface area contributed by atoms with Gasteiger partial charge in [0.05, 0.1) is 18.9 Å². The van der Waals surface area contributed by atoms with Crippen LogP contribution in [0.1, 0.15) is 37.8 Å². The molecule has 0 amide bonds. The first-order chi connectivity index (χ1) is 12.1. The molecule has 0 heterocycles. The maximum absolute atomic E-state index is 5.95. The molecule has 0 aromatic heterocycles. The Bertz CT molecular complexity index is 544. The van der Waals surface area contributed by atoms with E-state index in [4.69, 9.17) is 14.2 Å². The van der Waals surface area contributed by atoms with Gasteiger partial charge in [-0.05, 0) is 63.8 Å². The SMILES string of the molecule is C/C=C/COc1cc(C)c(OCCCCOC/C(C)=N/OC)c(C)c1. The predicted molar refractivity (Wildman–Crippen MR) is 102 cm³/mol. The van der Waals surface area contributed by atoms with Crippen molar-refractivity contribution in [3.05, 3.63) is 35.4 Å². The zero-order valence-electron chi connectivity index (χ0n) is 16.1. The van der Waals surface area contributed by atoms with Crippen LogP contribution in [0.15, 0.2) is 29.4 Å². The minimum absolute atomic E-state index is 0.502. The maximum Gasteiger partial charge on any atom is 0.125 e. The first kappa shape index (κ1) is 21.0. The van der Waals surface area contributed by atoms with Crippen molar-refractivity contribution in [2.24, 2.45) is 5.16 Å². The lowest BCUT2D eigenvalue weighted by Crippen LogP contribution is -2.08. The van der Waals surface area contributed by atoms with E-state index in [9.17, 15) is 0 Å². The molecule has 0 unspecified atom stereocenters. The standard InChI is InChI=1S/C20H31NO4/c1-6-7-11-24-19-13-16(2)20(17(3)14-19)25-12-9-8-10-23-15-18(4)21-22-5/h6-7,13-14H,8-12,15H2,1-5H3/b7-6+,21-18+. The van der Waals surface area contributed by atoms with Crippen LogP contribution in [0.5, 0.6) is 11.5 Å². The number of aryl methyl sites for hydroxylation is 2. The van der Waals surface area contributed by atoms with Crippen molar-refractivity contribution < 1.29 is 19.0 Å². The third-order valence-corrected chi connectivity index (χ3v) is 3.50. The van der Waals surface area contributed by atoms with Gasteiger partial charge in [0.25, 0.3) is 0 Å². The van der Waals surface area contributed by atoms with Crippen LogP contribution in [0.25, 0.3) is 0 Å². The Morgan fingerprint density at radius 2 is 1.76 bits per heavy atom. The van der Waals surface area contributed by atoms with Gasteiger partial charge in [0.2, 0.25) is 0 Å². The molecule has 0 N–H and O–H groups in total. The fourth-order valence-corrected chi connectivity index (χ4v) is 2.34. The Balaban J connectivity index is 2.31. The highest BCUT2D eigenvalue weighted by atomic mass is 16.6. The smallest absolute Gasteiger partial charge is 0.125 e. The van der Waals surface area contributed by atoms with E-state index in [-0.39, 0.29) is 0 Å². The molecule has 0 aliphatic rings. The molecule has 0 spiro atoms. The molecular weight excluding hydrogens is 318 g/mol. The number of hydrogen-bond donors (Lipinski definition) is 0. The average Bonchev–Trinajstić information content (AvgIpc) is 2.56. The summed E-state index contributed by atoms with van der Waals surface area (Å²) in [5.74, 6) is 1.82. The van der Waals surface area contributed by atoms with Gasteiger partial charge in [-0.25, -0.2) is 0 Å². The summed E-state index contributed by atoms with van der Waals surface area (Å²) in [7, 11) is 1.53.